The summed E-state index contributed by atoms with van der Waals surface area (Å²) in [6.45, 7) is 0. The van der Waals surface area contributed by atoms with Crippen LogP contribution in [0, 0.1) is 17.1 Å². The number of benzene rings is 1. The number of methoxy groups -OCH3 is 1. The second-order valence-corrected chi connectivity index (χ2v) is 2.97. The lowest BCUT2D eigenvalue weighted by atomic mass is 10.00. The highest BCUT2D eigenvalue weighted by atomic mass is 19.1. The lowest BCUT2D eigenvalue weighted by molar-refractivity contribution is -0.142. The molecule has 1 aromatic carbocycles. The summed E-state index contributed by atoms with van der Waals surface area (Å²) in [4.78, 5) is 11.2. The van der Waals surface area contributed by atoms with E-state index < -0.39 is 23.6 Å². The number of rotatable bonds is 2. The number of carbonyl (C=O) groups excluding carboxylic acids is 1. The van der Waals surface area contributed by atoms with Crippen LogP contribution in [-0.2, 0) is 9.53 Å². The van der Waals surface area contributed by atoms with Gasteiger partial charge in [-0.05, 0) is 12.1 Å². The molecule has 0 heterocycles. The average Bonchev–Trinajstić information content (AvgIpc) is 2.30. The zero-order valence-corrected chi connectivity index (χ0v) is 8.40. The largest absolute Gasteiger partial charge is 0.505 e. The smallest absolute Gasteiger partial charge is 0.327 e. The van der Waals surface area contributed by atoms with Crippen molar-refractivity contribution in [1.82, 2.24) is 0 Å². The molecule has 0 amide bonds. The van der Waals surface area contributed by atoms with Crippen molar-refractivity contribution in [3.05, 3.63) is 29.1 Å². The Labute approximate surface area is 90.9 Å². The molecule has 1 atom stereocenters. The number of halogens is 1. The zero-order valence-electron chi connectivity index (χ0n) is 8.40. The van der Waals surface area contributed by atoms with Crippen molar-refractivity contribution >= 4 is 5.97 Å². The van der Waals surface area contributed by atoms with Gasteiger partial charge in [-0.2, -0.15) is 5.26 Å². The maximum atomic E-state index is 13.1. The number of phenols is 1. The van der Waals surface area contributed by atoms with Crippen LogP contribution in [0.2, 0.25) is 0 Å². The van der Waals surface area contributed by atoms with E-state index in [0.29, 0.717) is 0 Å². The molecule has 0 saturated heterocycles. The van der Waals surface area contributed by atoms with Gasteiger partial charge < -0.3 is 15.6 Å². The minimum Gasteiger partial charge on any atom is -0.505 e. The molecule has 0 saturated carbocycles. The highest BCUT2D eigenvalue weighted by Gasteiger charge is 2.25. The lowest BCUT2D eigenvalue weighted by Gasteiger charge is -2.13. The zero-order chi connectivity index (χ0) is 12.3. The van der Waals surface area contributed by atoms with E-state index >= 15 is 0 Å². The predicted octanol–water partition coefficient (Wildman–Crippen LogP) is 0.576. The van der Waals surface area contributed by atoms with Crippen LogP contribution in [0.1, 0.15) is 17.2 Å². The molecule has 0 spiro atoms. The average molecular weight is 224 g/mol. The Morgan fingerprint density at radius 1 is 1.69 bits per heavy atom. The minimum absolute atomic E-state index is 0.0724. The number of esters is 1. The summed E-state index contributed by atoms with van der Waals surface area (Å²) >= 11 is 0. The topological polar surface area (TPSA) is 96.3 Å². The van der Waals surface area contributed by atoms with Gasteiger partial charge in [-0.3, -0.25) is 4.79 Å². The second kappa shape index (κ2) is 4.59. The number of phenolic OH excluding ortho intramolecular Hbond substituents is 1. The van der Waals surface area contributed by atoms with E-state index in [1.807, 2.05) is 0 Å². The first-order valence-electron chi connectivity index (χ1n) is 4.27. The van der Waals surface area contributed by atoms with Gasteiger partial charge in [0.1, 0.15) is 6.04 Å². The van der Waals surface area contributed by atoms with E-state index in [2.05, 4.69) is 4.74 Å². The summed E-state index contributed by atoms with van der Waals surface area (Å²) in [6, 6.07) is 2.37. The molecule has 0 unspecified atom stereocenters. The summed E-state index contributed by atoms with van der Waals surface area (Å²) < 4.78 is 17.4. The Hall–Kier alpha value is -2.13. The van der Waals surface area contributed by atoms with E-state index in [1.165, 1.54) is 0 Å². The Morgan fingerprint density at radius 3 is 2.81 bits per heavy atom. The van der Waals surface area contributed by atoms with Crippen LogP contribution in [0.3, 0.4) is 0 Å². The molecule has 1 aromatic rings. The number of hydrogen-bond donors (Lipinski definition) is 2. The van der Waals surface area contributed by atoms with Gasteiger partial charge in [-0.15, -0.1) is 0 Å². The number of carbonyl (C=O) groups is 1. The Kier molecular flexibility index (Phi) is 3.43. The maximum Gasteiger partial charge on any atom is 0.327 e. The Bertz CT molecular complexity index is 468. The molecule has 5 nitrogen and oxygen atoms in total. The molecule has 0 aromatic heterocycles. The molecule has 1 rings (SSSR count). The van der Waals surface area contributed by atoms with Gasteiger partial charge in [0.2, 0.25) is 0 Å². The van der Waals surface area contributed by atoms with Crippen LogP contribution >= 0.6 is 0 Å². The molecular weight excluding hydrogens is 215 g/mol. The molecule has 0 aliphatic heterocycles. The molecule has 0 bridgehead atoms. The van der Waals surface area contributed by atoms with Crippen molar-refractivity contribution in [2.45, 2.75) is 6.04 Å². The van der Waals surface area contributed by atoms with Gasteiger partial charge in [-0.25, -0.2) is 4.39 Å². The molecule has 3 N–H and O–H groups in total. The Balaban J connectivity index is 3.36. The summed E-state index contributed by atoms with van der Waals surface area (Å²) in [5, 5.41) is 18.2. The summed E-state index contributed by atoms with van der Waals surface area (Å²) in [7, 11) is 1.10. The second-order valence-electron chi connectivity index (χ2n) is 2.97. The van der Waals surface area contributed by atoms with E-state index in [1.54, 1.807) is 6.07 Å². The highest BCUT2D eigenvalue weighted by molar-refractivity contribution is 5.79. The van der Waals surface area contributed by atoms with E-state index in [4.69, 9.17) is 11.0 Å². The van der Waals surface area contributed by atoms with E-state index in [0.717, 1.165) is 19.2 Å². The van der Waals surface area contributed by atoms with Gasteiger partial charge in [0.05, 0.1) is 18.7 Å². The minimum atomic E-state index is -1.39. The third-order valence-corrected chi connectivity index (χ3v) is 2.05. The summed E-state index contributed by atoms with van der Waals surface area (Å²) in [5.41, 5.74) is 5.10. The van der Waals surface area contributed by atoms with Crippen molar-refractivity contribution in [1.29, 1.82) is 5.26 Å². The number of hydrogen-bond acceptors (Lipinski definition) is 5. The predicted molar refractivity (Wildman–Crippen MR) is 51.7 cm³/mol. The first-order valence-corrected chi connectivity index (χ1v) is 4.27. The molecule has 16 heavy (non-hydrogen) atoms. The van der Waals surface area contributed by atoms with E-state index in [-0.39, 0.29) is 11.1 Å². The summed E-state index contributed by atoms with van der Waals surface area (Å²) in [6.07, 6.45) is 0. The normalized spacial score (nSPS) is 11.6. The van der Waals surface area contributed by atoms with Gasteiger partial charge >= 0.3 is 5.97 Å². The number of ether oxygens (including phenoxy) is 1. The molecule has 0 aliphatic rings. The molecule has 84 valence electrons. The summed E-state index contributed by atoms with van der Waals surface area (Å²) in [5.74, 6) is -2.62. The van der Waals surface area contributed by atoms with Gasteiger partial charge in [-0.1, -0.05) is 0 Å². The molecular formula is C10H9FN2O3. The third kappa shape index (κ3) is 1.94. The van der Waals surface area contributed by atoms with Gasteiger partial charge in [0, 0.05) is 5.56 Å². The maximum absolute atomic E-state index is 13.1. The number of nitriles is 1. The van der Waals surface area contributed by atoms with Crippen LogP contribution in [0.5, 0.6) is 5.75 Å². The fourth-order valence-electron chi connectivity index (χ4n) is 1.24. The van der Waals surface area contributed by atoms with Crippen LogP contribution in [-0.4, -0.2) is 18.2 Å². The fraction of sp³-hybridized carbons (Fsp3) is 0.200. The SMILES string of the molecule is COC(=O)[C@@H](N)c1c(C#N)ccc(F)c1O. The standard InChI is InChI=1S/C10H9FN2O3/c1-16-10(15)8(13)7-5(4-12)2-3-6(11)9(7)14/h2-3,8,14H,13H2,1H3/t8-/m0/s1. The third-order valence-electron chi connectivity index (χ3n) is 2.05. The molecule has 0 radical (unpaired) electrons. The van der Waals surface area contributed by atoms with E-state index in [9.17, 15) is 14.3 Å². The first-order chi connectivity index (χ1) is 7.52. The number of aromatic hydroxyl groups is 1. The monoisotopic (exact) mass is 224 g/mol. The van der Waals surface area contributed by atoms with Crippen molar-refractivity contribution in [2.75, 3.05) is 7.11 Å². The van der Waals surface area contributed by atoms with Crippen LogP contribution in [0.15, 0.2) is 12.1 Å². The Morgan fingerprint density at radius 2 is 2.31 bits per heavy atom. The van der Waals surface area contributed by atoms with Gasteiger partial charge in [0.25, 0.3) is 0 Å². The molecule has 0 aliphatic carbocycles. The first kappa shape index (κ1) is 11.9. The van der Waals surface area contributed by atoms with Crippen LogP contribution in [0.25, 0.3) is 0 Å². The number of nitrogens with two attached hydrogens (primary N) is 1. The van der Waals surface area contributed by atoms with Crippen LogP contribution in [0.4, 0.5) is 4.39 Å². The van der Waals surface area contributed by atoms with Crippen molar-refractivity contribution in [2.24, 2.45) is 5.73 Å². The highest BCUT2D eigenvalue weighted by Crippen LogP contribution is 2.29. The molecule has 0 fully saturated rings. The lowest BCUT2D eigenvalue weighted by Crippen LogP contribution is -2.23. The quantitative estimate of drug-likeness (QED) is 0.716. The van der Waals surface area contributed by atoms with Crippen LogP contribution < -0.4 is 5.73 Å². The number of nitrogens with zero attached hydrogens (tertiary/aromatic N) is 1. The van der Waals surface area contributed by atoms with Crippen molar-refractivity contribution < 1.29 is 19.0 Å². The van der Waals surface area contributed by atoms with Crippen molar-refractivity contribution in [3.8, 4) is 11.8 Å². The van der Waals surface area contributed by atoms with Crippen molar-refractivity contribution in [3.63, 3.8) is 0 Å². The molecule has 6 heteroatoms. The fourth-order valence-corrected chi connectivity index (χ4v) is 1.24. The van der Waals surface area contributed by atoms with Gasteiger partial charge in [0.15, 0.2) is 11.6 Å².